The highest BCUT2D eigenvalue weighted by atomic mass is 28.4. The van der Waals surface area contributed by atoms with Crippen LogP contribution in [0, 0.1) is 0 Å². The fraction of sp³-hybridized carbons (Fsp3) is 0.862. The number of unbranched alkanes of at least 4 members (excludes halogenated alkanes) is 6. The van der Waals surface area contributed by atoms with Gasteiger partial charge in [0.05, 0.1) is 0 Å². The lowest BCUT2D eigenvalue weighted by Gasteiger charge is -2.32. The van der Waals surface area contributed by atoms with E-state index in [1.165, 1.54) is 6.08 Å². The lowest BCUT2D eigenvalue weighted by atomic mass is 10.3. The lowest BCUT2D eigenvalue weighted by Crippen LogP contribution is -2.41. The van der Waals surface area contributed by atoms with Crippen molar-refractivity contribution in [3.05, 3.63) is 11.6 Å². The van der Waals surface area contributed by atoms with E-state index in [0.717, 1.165) is 113 Å². The first-order valence-electron chi connectivity index (χ1n) is 14.9. The van der Waals surface area contributed by atoms with E-state index in [2.05, 4.69) is 41.5 Å². The summed E-state index contributed by atoms with van der Waals surface area (Å²) in [4.78, 5) is 26.3. The van der Waals surface area contributed by atoms with E-state index in [9.17, 15) is 9.59 Å². The van der Waals surface area contributed by atoms with Gasteiger partial charge in [-0.3, -0.25) is 0 Å². The molecule has 0 aromatic carbocycles. The van der Waals surface area contributed by atoms with E-state index in [0.29, 0.717) is 5.57 Å². The Morgan fingerprint density at radius 1 is 0.543 bits per heavy atom. The van der Waals surface area contributed by atoms with Crippen molar-refractivity contribution in [3.63, 3.8) is 0 Å². The Balaban J connectivity index is 5.64. The normalized spacial score (nSPS) is 12.6. The average Bonchev–Trinajstić information content (AvgIpc) is 2.85. The summed E-state index contributed by atoms with van der Waals surface area (Å²) in [7, 11) is -4.33. The van der Waals surface area contributed by atoms with Crippen molar-refractivity contribution in [2.75, 3.05) is 0 Å². The molecule has 4 nitrogen and oxygen atoms in total. The summed E-state index contributed by atoms with van der Waals surface area (Å²) in [6.07, 6.45) is 14.8. The van der Waals surface area contributed by atoms with Gasteiger partial charge in [-0.05, 0) is 43.2 Å². The van der Waals surface area contributed by atoms with Gasteiger partial charge < -0.3 is 8.85 Å². The van der Waals surface area contributed by atoms with E-state index in [4.69, 9.17) is 8.85 Å². The maximum absolute atomic E-state index is 13.2. The third-order valence-electron chi connectivity index (χ3n) is 7.20. The van der Waals surface area contributed by atoms with E-state index in [-0.39, 0.29) is 11.9 Å². The molecule has 6 heteroatoms. The van der Waals surface area contributed by atoms with Crippen LogP contribution in [0.1, 0.15) is 126 Å². The molecule has 0 fully saturated rings. The van der Waals surface area contributed by atoms with Crippen molar-refractivity contribution >= 4 is 28.6 Å². The maximum atomic E-state index is 13.2. The van der Waals surface area contributed by atoms with Crippen LogP contribution in [0.15, 0.2) is 11.6 Å². The van der Waals surface area contributed by atoms with Gasteiger partial charge in [-0.2, -0.15) is 0 Å². The molecular weight excluding hydrogens is 468 g/mol. The first-order valence-corrected chi connectivity index (χ1v) is 20.0. The van der Waals surface area contributed by atoms with Crippen LogP contribution in [0.2, 0.25) is 36.3 Å². The molecule has 0 rings (SSSR count). The van der Waals surface area contributed by atoms with Gasteiger partial charge in [-0.15, -0.1) is 0 Å². The van der Waals surface area contributed by atoms with Crippen LogP contribution in [0.5, 0.6) is 0 Å². The van der Waals surface area contributed by atoms with E-state index in [1.807, 2.05) is 0 Å². The van der Waals surface area contributed by atoms with E-state index >= 15 is 0 Å². The molecular formula is C29H58O4Si2. The summed E-state index contributed by atoms with van der Waals surface area (Å²) in [5.41, 5.74) is 0.403. The first kappa shape index (κ1) is 34.1. The Morgan fingerprint density at radius 3 is 1.11 bits per heavy atom. The van der Waals surface area contributed by atoms with Crippen LogP contribution in [0.3, 0.4) is 0 Å². The lowest BCUT2D eigenvalue weighted by molar-refractivity contribution is -0.133. The highest BCUT2D eigenvalue weighted by Crippen LogP contribution is 2.32. The zero-order chi connectivity index (χ0) is 26.6. The fourth-order valence-electron chi connectivity index (χ4n) is 4.81. The van der Waals surface area contributed by atoms with Gasteiger partial charge >= 0.3 is 11.9 Å². The first-order chi connectivity index (χ1) is 16.8. The fourth-order valence-corrected chi connectivity index (χ4v) is 13.9. The molecule has 0 bridgehead atoms. The average molecular weight is 527 g/mol. The topological polar surface area (TPSA) is 52.6 Å². The molecule has 0 aliphatic heterocycles. The van der Waals surface area contributed by atoms with Gasteiger partial charge in [-0.25, -0.2) is 9.59 Å². The number of rotatable bonds is 22. The molecule has 0 amide bonds. The van der Waals surface area contributed by atoms with Crippen molar-refractivity contribution in [2.24, 2.45) is 0 Å². The SMILES string of the molecule is CCCC[Si](CCCC)(CCCC)OC(=O)/C=C(/C)C(=O)O[Si](CCCC)(CCCC)CCCC. The molecule has 0 atom stereocenters. The summed E-state index contributed by atoms with van der Waals surface area (Å²) in [6, 6.07) is 6.21. The van der Waals surface area contributed by atoms with Crippen LogP contribution in [0.4, 0.5) is 0 Å². The number of carbonyl (C=O) groups is 2. The van der Waals surface area contributed by atoms with Gasteiger partial charge in [0, 0.05) is 11.6 Å². The van der Waals surface area contributed by atoms with Crippen LogP contribution in [-0.4, -0.2) is 28.6 Å². The quantitative estimate of drug-likeness (QED) is 0.104. The number of hydrogen-bond donors (Lipinski definition) is 0. The minimum Gasteiger partial charge on any atom is -0.516 e. The molecule has 0 heterocycles. The highest BCUT2D eigenvalue weighted by Gasteiger charge is 2.38. The third kappa shape index (κ3) is 14.4. The van der Waals surface area contributed by atoms with Crippen molar-refractivity contribution in [1.29, 1.82) is 0 Å². The van der Waals surface area contributed by atoms with Crippen molar-refractivity contribution in [1.82, 2.24) is 0 Å². The molecule has 0 aromatic heterocycles. The largest absolute Gasteiger partial charge is 0.516 e. The maximum Gasteiger partial charge on any atom is 0.320 e. The smallest absolute Gasteiger partial charge is 0.320 e. The van der Waals surface area contributed by atoms with Crippen molar-refractivity contribution in [3.8, 4) is 0 Å². The second-order valence-electron chi connectivity index (χ2n) is 10.6. The monoisotopic (exact) mass is 526 g/mol. The van der Waals surface area contributed by atoms with Crippen molar-refractivity contribution in [2.45, 2.75) is 162 Å². The molecule has 0 spiro atoms. The Labute approximate surface area is 220 Å². The summed E-state index contributed by atoms with van der Waals surface area (Å²) in [5, 5.41) is 0. The van der Waals surface area contributed by atoms with Gasteiger partial charge in [-0.1, -0.05) is 119 Å². The Bertz CT molecular complexity index is 560. The summed E-state index contributed by atoms with van der Waals surface area (Å²) >= 11 is 0. The molecule has 0 radical (unpaired) electrons. The zero-order valence-electron chi connectivity index (χ0n) is 24.4. The summed E-state index contributed by atoms with van der Waals surface area (Å²) < 4.78 is 12.7. The summed E-state index contributed by atoms with van der Waals surface area (Å²) in [5.74, 6) is -0.614. The van der Waals surface area contributed by atoms with Crippen LogP contribution in [-0.2, 0) is 18.4 Å². The minimum absolute atomic E-state index is 0.292. The van der Waals surface area contributed by atoms with Gasteiger partial charge in [0.2, 0.25) is 0 Å². The minimum atomic E-state index is -2.17. The Morgan fingerprint density at radius 2 is 0.829 bits per heavy atom. The van der Waals surface area contributed by atoms with Gasteiger partial charge in [0.15, 0.2) is 0 Å². The van der Waals surface area contributed by atoms with Crippen LogP contribution >= 0.6 is 0 Å². The predicted octanol–water partition coefficient (Wildman–Crippen LogP) is 9.71. The van der Waals surface area contributed by atoms with Crippen LogP contribution < -0.4 is 0 Å². The van der Waals surface area contributed by atoms with Crippen LogP contribution in [0.25, 0.3) is 0 Å². The molecule has 0 saturated heterocycles. The third-order valence-corrected chi connectivity index (χ3v) is 16.0. The predicted molar refractivity (Wildman–Crippen MR) is 156 cm³/mol. The van der Waals surface area contributed by atoms with Crippen molar-refractivity contribution < 1.29 is 18.4 Å². The number of hydrogen-bond acceptors (Lipinski definition) is 4. The molecule has 0 N–H and O–H groups in total. The molecule has 206 valence electrons. The second kappa shape index (κ2) is 20.2. The zero-order valence-corrected chi connectivity index (χ0v) is 26.4. The van der Waals surface area contributed by atoms with E-state index in [1.54, 1.807) is 6.92 Å². The molecule has 0 aromatic rings. The highest BCUT2D eigenvalue weighted by molar-refractivity contribution is 6.76. The molecule has 0 aliphatic rings. The Kier molecular flexibility index (Phi) is 19.7. The Hall–Kier alpha value is -0.886. The molecule has 0 saturated carbocycles. The van der Waals surface area contributed by atoms with Gasteiger partial charge in [0.25, 0.3) is 16.6 Å². The summed E-state index contributed by atoms with van der Waals surface area (Å²) in [6.45, 7) is 14.9. The van der Waals surface area contributed by atoms with E-state index < -0.39 is 16.6 Å². The molecule has 35 heavy (non-hydrogen) atoms. The second-order valence-corrected chi connectivity index (χ2v) is 18.8. The molecule has 0 aliphatic carbocycles. The van der Waals surface area contributed by atoms with Gasteiger partial charge in [0.1, 0.15) is 0 Å². The standard InChI is InChI=1S/C29H58O4Si2/c1-8-14-20-34(21-15-9-2,22-16-10-3)32-28(30)26-27(7)29(31)33-35(23-17-11-4,24-18-12-5)25-19-13-6/h26H,8-25H2,1-7H3/b27-26-. The molecule has 0 unspecified atom stereocenters. The number of carbonyl (C=O) groups excluding carboxylic acids is 2.